The second-order valence-corrected chi connectivity index (χ2v) is 9.19. The number of rotatable bonds is 9. The molecule has 0 aliphatic carbocycles. The fourth-order valence-electron chi connectivity index (χ4n) is 3.37. The number of amides is 1. The van der Waals surface area contributed by atoms with Gasteiger partial charge in [0.2, 0.25) is 10.0 Å². The lowest BCUT2D eigenvalue weighted by atomic mass is 10.2. The monoisotopic (exact) mass is 479 g/mol. The molecule has 2 N–H and O–H groups in total. The molecule has 0 aliphatic rings. The zero-order chi connectivity index (χ0) is 24.1. The predicted molar refractivity (Wildman–Crippen MR) is 128 cm³/mol. The Kier molecular flexibility index (Phi) is 6.71. The van der Waals surface area contributed by atoms with Gasteiger partial charge in [0.15, 0.2) is 5.82 Å². The molecule has 2 heterocycles. The summed E-state index contributed by atoms with van der Waals surface area (Å²) in [4.78, 5) is 13.1. The van der Waals surface area contributed by atoms with E-state index in [0.717, 1.165) is 0 Å². The van der Waals surface area contributed by atoms with Crippen molar-refractivity contribution >= 4 is 21.6 Å². The van der Waals surface area contributed by atoms with Crippen LogP contribution in [0.5, 0.6) is 0 Å². The summed E-state index contributed by atoms with van der Waals surface area (Å²) >= 11 is 0. The maximum Gasteiger partial charge on any atom is 0.261 e. The van der Waals surface area contributed by atoms with Crippen LogP contribution < -0.4 is 10.0 Å². The molecule has 0 radical (unpaired) electrons. The highest BCUT2D eigenvalue weighted by Gasteiger charge is 2.21. The van der Waals surface area contributed by atoms with E-state index in [4.69, 9.17) is 0 Å². The first-order chi connectivity index (χ1) is 16.4. The third-order valence-corrected chi connectivity index (χ3v) is 6.25. The van der Waals surface area contributed by atoms with Crippen molar-refractivity contribution in [1.82, 2.24) is 19.1 Å². The highest BCUT2D eigenvalue weighted by Crippen LogP contribution is 2.23. The Labute approximate surface area is 196 Å². The van der Waals surface area contributed by atoms with E-state index in [2.05, 4.69) is 21.7 Å². The van der Waals surface area contributed by atoms with Crippen LogP contribution in [0, 0.1) is 5.82 Å². The van der Waals surface area contributed by atoms with Gasteiger partial charge in [-0.3, -0.25) is 4.79 Å². The van der Waals surface area contributed by atoms with E-state index < -0.39 is 21.7 Å². The summed E-state index contributed by atoms with van der Waals surface area (Å²) in [6.45, 7) is 3.64. The average Bonchev–Trinajstić information content (AvgIpc) is 3.49. The number of carbonyl (C=O) groups is 1. The molecule has 0 saturated carbocycles. The molecule has 0 fully saturated rings. The number of nitrogens with one attached hydrogen (secondary N) is 2. The number of carbonyl (C=O) groups excluding carboxylic acids is 1. The van der Waals surface area contributed by atoms with Gasteiger partial charge in [0.05, 0.1) is 11.9 Å². The smallest absolute Gasteiger partial charge is 0.261 e. The molecule has 2 aromatic carbocycles. The molecule has 2 aromatic heterocycles. The van der Waals surface area contributed by atoms with Gasteiger partial charge < -0.3 is 9.88 Å². The van der Waals surface area contributed by atoms with Crippen molar-refractivity contribution in [2.75, 3.05) is 11.9 Å². The van der Waals surface area contributed by atoms with Crippen LogP contribution in [0.3, 0.4) is 0 Å². The maximum absolute atomic E-state index is 14.5. The Bertz CT molecular complexity index is 1410. The number of hydrogen-bond donors (Lipinski definition) is 2. The molecule has 0 spiro atoms. The van der Waals surface area contributed by atoms with Crippen LogP contribution in [-0.4, -0.2) is 35.2 Å². The lowest BCUT2D eigenvalue weighted by Gasteiger charge is -2.12. The van der Waals surface area contributed by atoms with Crippen molar-refractivity contribution in [3.05, 3.63) is 109 Å². The van der Waals surface area contributed by atoms with Gasteiger partial charge in [-0.25, -0.2) is 22.2 Å². The molecule has 174 valence electrons. The minimum absolute atomic E-state index is 0.154. The zero-order valence-electron chi connectivity index (χ0n) is 18.1. The Morgan fingerprint density at radius 2 is 1.76 bits per heavy atom. The van der Waals surface area contributed by atoms with Crippen molar-refractivity contribution < 1.29 is 17.6 Å². The van der Waals surface area contributed by atoms with Crippen LogP contribution in [0.1, 0.15) is 15.9 Å². The molecular weight excluding hydrogens is 457 g/mol. The van der Waals surface area contributed by atoms with Gasteiger partial charge in [0, 0.05) is 24.6 Å². The van der Waals surface area contributed by atoms with Gasteiger partial charge in [0.1, 0.15) is 17.1 Å². The highest BCUT2D eigenvalue weighted by atomic mass is 32.2. The van der Waals surface area contributed by atoms with Gasteiger partial charge >= 0.3 is 0 Å². The minimum atomic E-state index is -3.49. The minimum Gasteiger partial charge on any atom is -0.322 e. The first-order valence-corrected chi connectivity index (χ1v) is 12.0. The van der Waals surface area contributed by atoms with Crippen molar-refractivity contribution in [2.45, 2.75) is 5.75 Å². The van der Waals surface area contributed by atoms with Gasteiger partial charge in [0.25, 0.3) is 5.91 Å². The van der Waals surface area contributed by atoms with Crippen LogP contribution >= 0.6 is 0 Å². The quantitative estimate of drug-likeness (QED) is 0.358. The van der Waals surface area contributed by atoms with E-state index in [1.54, 1.807) is 71.6 Å². The Morgan fingerprint density at radius 3 is 2.44 bits per heavy atom. The van der Waals surface area contributed by atoms with E-state index in [9.17, 15) is 17.6 Å². The lowest BCUT2D eigenvalue weighted by molar-refractivity contribution is 0.102. The molecular formula is C24H22FN5O3S. The molecule has 34 heavy (non-hydrogen) atoms. The fourth-order valence-corrected chi connectivity index (χ4v) is 4.47. The van der Waals surface area contributed by atoms with E-state index in [0.29, 0.717) is 17.1 Å². The van der Waals surface area contributed by atoms with Gasteiger partial charge in [-0.2, -0.15) is 5.10 Å². The van der Waals surface area contributed by atoms with E-state index in [-0.39, 0.29) is 23.5 Å². The standard InChI is InChI=1S/C24H22FN5O3S/c1-2-13-27-34(32,33)17-18-9-11-19(12-10-18)28-23(31)20-16-26-30(22-8-4-3-7-21(22)25)24(20)29-14-5-6-15-29/h2-12,14-16,27H,1,13,17H2,(H,28,31). The number of nitrogens with zero attached hydrogens (tertiary/aromatic N) is 3. The molecule has 0 saturated heterocycles. The van der Waals surface area contributed by atoms with Crippen molar-refractivity contribution in [1.29, 1.82) is 0 Å². The second-order valence-electron chi connectivity index (χ2n) is 7.38. The summed E-state index contributed by atoms with van der Waals surface area (Å²) in [6, 6.07) is 16.2. The molecule has 1 amide bonds. The third kappa shape index (κ3) is 5.13. The molecule has 10 heteroatoms. The summed E-state index contributed by atoms with van der Waals surface area (Å²) in [5, 5.41) is 7.05. The molecule has 0 bridgehead atoms. The largest absolute Gasteiger partial charge is 0.322 e. The average molecular weight is 480 g/mol. The summed E-state index contributed by atoms with van der Waals surface area (Å²) in [7, 11) is -3.49. The second kappa shape index (κ2) is 9.86. The van der Waals surface area contributed by atoms with Gasteiger partial charge in [-0.05, 0) is 42.0 Å². The van der Waals surface area contributed by atoms with Crippen LogP contribution in [-0.2, 0) is 15.8 Å². The molecule has 0 aliphatic heterocycles. The summed E-state index contributed by atoms with van der Waals surface area (Å²) < 4.78 is 44.0. The summed E-state index contributed by atoms with van der Waals surface area (Å²) in [5.41, 5.74) is 1.48. The molecule has 0 atom stereocenters. The number of anilines is 1. The predicted octanol–water partition coefficient (Wildman–Crippen LogP) is 3.66. The van der Waals surface area contributed by atoms with Crippen LogP contribution in [0.15, 0.2) is 91.9 Å². The number of benzene rings is 2. The van der Waals surface area contributed by atoms with E-state index in [1.807, 2.05) is 0 Å². The van der Waals surface area contributed by atoms with Crippen molar-refractivity contribution in [3.8, 4) is 11.5 Å². The number of aromatic nitrogens is 3. The SMILES string of the molecule is C=CCNS(=O)(=O)Cc1ccc(NC(=O)c2cnn(-c3ccccc3F)c2-n2cccc2)cc1. The van der Waals surface area contributed by atoms with Gasteiger partial charge in [-0.1, -0.05) is 30.3 Å². The summed E-state index contributed by atoms with van der Waals surface area (Å²) in [5.74, 6) is -0.732. The Hall–Kier alpha value is -4.02. The van der Waals surface area contributed by atoms with E-state index in [1.165, 1.54) is 23.0 Å². The number of para-hydroxylation sites is 1. The Balaban J connectivity index is 1.58. The third-order valence-electron chi connectivity index (χ3n) is 4.93. The number of halogens is 1. The van der Waals surface area contributed by atoms with E-state index >= 15 is 0 Å². The molecule has 0 unspecified atom stereocenters. The number of sulfonamides is 1. The van der Waals surface area contributed by atoms with Crippen molar-refractivity contribution in [2.24, 2.45) is 0 Å². The van der Waals surface area contributed by atoms with Crippen LogP contribution in [0.4, 0.5) is 10.1 Å². The topological polar surface area (TPSA) is 98.0 Å². The van der Waals surface area contributed by atoms with Crippen LogP contribution in [0.25, 0.3) is 11.5 Å². The summed E-state index contributed by atoms with van der Waals surface area (Å²) in [6.07, 6.45) is 6.32. The molecule has 4 rings (SSSR count). The fraction of sp³-hybridized carbons (Fsp3) is 0.0833. The zero-order valence-corrected chi connectivity index (χ0v) is 18.9. The maximum atomic E-state index is 14.5. The van der Waals surface area contributed by atoms with Crippen LogP contribution in [0.2, 0.25) is 0 Å². The lowest BCUT2D eigenvalue weighted by Crippen LogP contribution is -2.25. The number of hydrogen-bond acceptors (Lipinski definition) is 4. The highest BCUT2D eigenvalue weighted by molar-refractivity contribution is 7.88. The molecule has 8 nitrogen and oxygen atoms in total. The van der Waals surface area contributed by atoms with Gasteiger partial charge in [-0.15, -0.1) is 6.58 Å². The first kappa shape index (κ1) is 23.1. The van der Waals surface area contributed by atoms with Crippen molar-refractivity contribution in [3.63, 3.8) is 0 Å². The normalized spacial score (nSPS) is 11.3. The Morgan fingerprint density at radius 1 is 1.06 bits per heavy atom. The molecule has 4 aromatic rings. The first-order valence-electron chi connectivity index (χ1n) is 10.3.